The highest BCUT2D eigenvalue weighted by atomic mass is 19.4. The lowest BCUT2D eigenvalue weighted by Crippen LogP contribution is -2.61. The summed E-state index contributed by atoms with van der Waals surface area (Å²) >= 11 is 0. The van der Waals surface area contributed by atoms with Gasteiger partial charge in [-0.15, -0.1) is 0 Å². The highest BCUT2D eigenvalue weighted by molar-refractivity contribution is 6.05. The Balaban J connectivity index is 1.25. The monoisotopic (exact) mass is 703 g/mol. The molecule has 6 heterocycles. The summed E-state index contributed by atoms with van der Waals surface area (Å²) in [6.07, 6.45) is 2.83. The lowest BCUT2D eigenvalue weighted by atomic mass is 9.72. The van der Waals surface area contributed by atoms with Gasteiger partial charge in [0.15, 0.2) is 12.4 Å². The number of nitrogens with zero attached hydrogens (tertiary/aromatic N) is 6. The molecular formula is C38H44F3N7O3. The molecule has 4 aliphatic rings. The van der Waals surface area contributed by atoms with Crippen molar-refractivity contribution in [1.82, 2.24) is 30.0 Å². The number of piperidine rings is 1. The highest BCUT2D eigenvalue weighted by Gasteiger charge is 2.47. The Labute approximate surface area is 295 Å². The summed E-state index contributed by atoms with van der Waals surface area (Å²) in [5.74, 6) is 1.51. The normalized spacial score (nSPS) is 20.2. The second-order valence-corrected chi connectivity index (χ2v) is 14.8. The van der Waals surface area contributed by atoms with Gasteiger partial charge in [0.2, 0.25) is 5.91 Å². The molecule has 0 radical (unpaired) electrons. The van der Waals surface area contributed by atoms with Crippen LogP contribution in [0, 0.1) is 12.3 Å². The first-order valence-electron chi connectivity index (χ1n) is 18.0. The summed E-state index contributed by atoms with van der Waals surface area (Å²) in [6, 6.07) is 6.40. The van der Waals surface area contributed by atoms with Crippen LogP contribution in [0.2, 0.25) is 0 Å². The van der Waals surface area contributed by atoms with Crippen LogP contribution in [-0.4, -0.2) is 107 Å². The number of hydrogen-bond acceptors (Lipinski definition) is 8. The fourth-order valence-corrected chi connectivity index (χ4v) is 8.60. The average molecular weight is 704 g/mol. The Morgan fingerprint density at radius 3 is 2.55 bits per heavy atom. The van der Waals surface area contributed by atoms with Gasteiger partial charge < -0.3 is 19.3 Å². The minimum atomic E-state index is -4.55. The summed E-state index contributed by atoms with van der Waals surface area (Å²) in [5.41, 5.74) is 4.42. The molecule has 2 aromatic carbocycles. The Morgan fingerprint density at radius 1 is 1.12 bits per heavy atom. The third kappa shape index (κ3) is 6.22. The van der Waals surface area contributed by atoms with Gasteiger partial charge in [0.05, 0.1) is 11.7 Å². The molecule has 1 N–H and O–H groups in total. The van der Waals surface area contributed by atoms with E-state index in [0.717, 1.165) is 98.5 Å². The van der Waals surface area contributed by atoms with Crippen molar-refractivity contribution in [1.29, 1.82) is 0 Å². The van der Waals surface area contributed by atoms with Gasteiger partial charge >= 0.3 is 6.18 Å². The number of halogens is 3. The van der Waals surface area contributed by atoms with Crippen LogP contribution in [0.5, 0.6) is 5.75 Å². The molecule has 4 aromatic rings. The zero-order valence-electron chi connectivity index (χ0n) is 29.2. The second-order valence-electron chi connectivity index (χ2n) is 14.8. The van der Waals surface area contributed by atoms with Gasteiger partial charge in [0.1, 0.15) is 17.2 Å². The Hall–Kier alpha value is -4.23. The van der Waals surface area contributed by atoms with Gasteiger partial charge in [0.25, 0.3) is 0 Å². The summed E-state index contributed by atoms with van der Waals surface area (Å²) in [5, 5.41) is 8.79. The molecule has 2 aromatic heterocycles. The predicted molar refractivity (Wildman–Crippen MR) is 189 cm³/mol. The largest absolute Gasteiger partial charge is 0.481 e. The van der Waals surface area contributed by atoms with Crippen molar-refractivity contribution in [3.63, 3.8) is 0 Å². The molecule has 1 spiro atoms. The van der Waals surface area contributed by atoms with Crippen LogP contribution in [0.4, 0.5) is 19.0 Å². The number of carbonyl (C=O) groups excluding carboxylic acids is 1. The highest BCUT2D eigenvalue weighted by Crippen LogP contribution is 2.48. The van der Waals surface area contributed by atoms with Crippen molar-refractivity contribution in [3.05, 3.63) is 54.0 Å². The van der Waals surface area contributed by atoms with Crippen molar-refractivity contribution < 1.29 is 27.4 Å². The number of H-pyrrole nitrogens is 1. The SMILES string of the molecule is C=CC(=O)N1CC2(CCN(c3nc(C4CN(C5CCOCC5)C4)nc4c(OCC(F)(F)F)c(-c5c(C)ccc6[nH]ncc56)c(CC)cc34)CC2)C1. The van der Waals surface area contributed by atoms with E-state index in [1.54, 1.807) is 6.20 Å². The molecule has 4 aliphatic heterocycles. The number of hydrogen-bond donors (Lipinski definition) is 1. The third-order valence-electron chi connectivity index (χ3n) is 11.5. The van der Waals surface area contributed by atoms with E-state index in [2.05, 4.69) is 32.6 Å². The van der Waals surface area contributed by atoms with Gasteiger partial charge in [0, 0.05) is 86.2 Å². The molecule has 0 bridgehead atoms. The maximum absolute atomic E-state index is 14.0. The number of aryl methyl sites for hydroxylation is 2. The van der Waals surface area contributed by atoms with Gasteiger partial charge in [-0.2, -0.15) is 18.3 Å². The van der Waals surface area contributed by atoms with E-state index in [1.807, 2.05) is 30.9 Å². The molecule has 13 heteroatoms. The van der Waals surface area contributed by atoms with E-state index in [1.165, 1.54) is 6.08 Å². The van der Waals surface area contributed by atoms with Crippen LogP contribution < -0.4 is 9.64 Å². The number of likely N-dealkylation sites (tertiary alicyclic amines) is 2. The molecule has 51 heavy (non-hydrogen) atoms. The molecule has 8 rings (SSSR count). The second kappa shape index (κ2) is 13.1. The number of alkyl halides is 3. The topological polar surface area (TPSA) is 99.7 Å². The van der Waals surface area contributed by atoms with Gasteiger partial charge in [-0.3, -0.25) is 14.8 Å². The Bertz CT molecular complexity index is 1970. The molecule has 10 nitrogen and oxygen atoms in total. The molecule has 4 saturated heterocycles. The quantitative estimate of drug-likeness (QED) is 0.218. The summed E-state index contributed by atoms with van der Waals surface area (Å²) in [4.78, 5) is 29.1. The van der Waals surface area contributed by atoms with Crippen LogP contribution in [0.25, 0.3) is 32.9 Å². The number of ether oxygens (including phenoxy) is 2. The number of fused-ring (bicyclic) bond motifs is 2. The van der Waals surface area contributed by atoms with E-state index in [4.69, 9.17) is 19.4 Å². The minimum Gasteiger partial charge on any atom is -0.481 e. The number of aromatic nitrogens is 4. The molecule has 0 unspecified atom stereocenters. The lowest BCUT2D eigenvalue weighted by molar-refractivity contribution is -0.153. The van der Waals surface area contributed by atoms with E-state index in [-0.39, 0.29) is 23.0 Å². The van der Waals surface area contributed by atoms with Gasteiger partial charge in [-0.05, 0) is 73.9 Å². The minimum absolute atomic E-state index is 0.0413. The smallest absolute Gasteiger partial charge is 0.422 e. The van der Waals surface area contributed by atoms with Crippen LogP contribution in [0.15, 0.2) is 37.1 Å². The van der Waals surface area contributed by atoms with Crippen LogP contribution in [-0.2, 0) is 16.0 Å². The summed E-state index contributed by atoms with van der Waals surface area (Å²) in [6.45, 7) is 12.1. The van der Waals surface area contributed by atoms with E-state index in [9.17, 15) is 18.0 Å². The van der Waals surface area contributed by atoms with Crippen LogP contribution in [0.1, 0.15) is 55.5 Å². The third-order valence-corrected chi connectivity index (χ3v) is 11.5. The number of benzene rings is 2. The maximum atomic E-state index is 14.0. The fourth-order valence-electron chi connectivity index (χ4n) is 8.60. The van der Waals surface area contributed by atoms with Crippen molar-refractivity contribution in [3.8, 4) is 16.9 Å². The average Bonchev–Trinajstić information content (AvgIpc) is 3.57. The zero-order chi connectivity index (χ0) is 35.5. The van der Waals surface area contributed by atoms with E-state index >= 15 is 0 Å². The predicted octanol–water partition coefficient (Wildman–Crippen LogP) is 6.18. The first kappa shape index (κ1) is 33.9. The molecule has 0 saturated carbocycles. The standard InChI is InChI=1S/C38H44F3N7O3/c1-4-24-16-27-33(34(51-22-38(39,40)41)32(24)31-23(3)6-7-29-28(31)17-42-45-29)43-35(25-18-47(19-25)26-8-14-50-15-9-26)44-36(27)46-12-10-37(11-13-46)20-48(21-37)30(49)5-2/h5-7,16-17,25-26H,2,4,8-15,18-22H2,1,3H3,(H,42,45). The fraction of sp³-hybridized carbons (Fsp3) is 0.526. The number of aromatic amines is 1. The number of anilines is 1. The number of nitrogens with one attached hydrogen (secondary N) is 1. The lowest BCUT2D eigenvalue weighted by Gasteiger charge is -2.54. The van der Waals surface area contributed by atoms with Crippen LogP contribution in [0.3, 0.4) is 0 Å². The molecular weight excluding hydrogens is 659 g/mol. The van der Waals surface area contributed by atoms with E-state index < -0.39 is 12.8 Å². The van der Waals surface area contributed by atoms with Crippen molar-refractivity contribution in [2.75, 3.05) is 64.0 Å². The first-order valence-corrected chi connectivity index (χ1v) is 18.0. The van der Waals surface area contributed by atoms with E-state index in [0.29, 0.717) is 47.8 Å². The molecule has 0 atom stereocenters. The molecule has 4 fully saturated rings. The number of amides is 1. The Morgan fingerprint density at radius 2 is 1.86 bits per heavy atom. The van der Waals surface area contributed by atoms with Crippen LogP contribution >= 0.6 is 0 Å². The van der Waals surface area contributed by atoms with Crippen molar-refractivity contribution in [2.45, 2.75) is 64.1 Å². The molecule has 270 valence electrons. The summed E-state index contributed by atoms with van der Waals surface area (Å²) in [7, 11) is 0. The maximum Gasteiger partial charge on any atom is 0.422 e. The van der Waals surface area contributed by atoms with Crippen molar-refractivity contribution in [2.24, 2.45) is 5.41 Å². The Kier molecular flexibility index (Phi) is 8.69. The van der Waals surface area contributed by atoms with Gasteiger partial charge in [-0.1, -0.05) is 19.6 Å². The molecule has 0 aliphatic carbocycles. The first-order chi connectivity index (χ1) is 24.6. The zero-order valence-corrected chi connectivity index (χ0v) is 29.2. The summed E-state index contributed by atoms with van der Waals surface area (Å²) < 4.78 is 53.5. The van der Waals surface area contributed by atoms with Gasteiger partial charge in [-0.25, -0.2) is 9.97 Å². The number of rotatable bonds is 8. The van der Waals surface area contributed by atoms with Crippen molar-refractivity contribution >= 4 is 33.5 Å². The molecule has 1 amide bonds. The number of carbonyl (C=O) groups is 1.